The monoisotopic (exact) mass is 250 g/mol. The van der Waals surface area contributed by atoms with Crippen molar-refractivity contribution in [2.75, 3.05) is 13.7 Å². The van der Waals surface area contributed by atoms with E-state index in [1.165, 1.54) is 0 Å². The molecule has 1 amide bonds. The molecule has 0 aromatic carbocycles. The molecule has 1 rings (SSSR count). The molecule has 0 radical (unpaired) electrons. The van der Waals surface area contributed by atoms with Crippen LogP contribution in [-0.4, -0.2) is 37.2 Å². The number of halogens is 1. The first-order valence-electron chi connectivity index (χ1n) is 5.53. The Hall–Kier alpha value is -0.320. The summed E-state index contributed by atoms with van der Waals surface area (Å²) in [5, 5.41) is 6.07. The van der Waals surface area contributed by atoms with Crippen molar-refractivity contribution < 1.29 is 9.53 Å². The van der Waals surface area contributed by atoms with Gasteiger partial charge in [0, 0.05) is 13.2 Å². The number of rotatable bonds is 5. The third-order valence-corrected chi connectivity index (χ3v) is 2.88. The molecule has 0 aliphatic carbocycles. The molecule has 1 fully saturated rings. The highest BCUT2D eigenvalue weighted by Crippen LogP contribution is 2.15. The maximum atomic E-state index is 11.6. The standard InChI is InChI=1S/C11H22N2O2.ClH/c1-8(7-11(2,3)15-4)13-10(14)9-5-6-12-9;/h8-9,12H,5-7H2,1-4H3,(H,13,14);1H/t8?,9-;/m1./s1. The minimum absolute atomic E-state index is 0. The van der Waals surface area contributed by atoms with Crippen LogP contribution in [-0.2, 0) is 9.53 Å². The van der Waals surface area contributed by atoms with E-state index in [-0.39, 0.29) is 36.0 Å². The van der Waals surface area contributed by atoms with Crippen LogP contribution >= 0.6 is 12.4 Å². The van der Waals surface area contributed by atoms with Crippen molar-refractivity contribution in [3.63, 3.8) is 0 Å². The van der Waals surface area contributed by atoms with E-state index in [0.29, 0.717) is 0 Å². The van der Waals surface area contributed by atoms with E-state index in [4.69, 9.17) is 4.74 Å². The van der Waals surface area contributed by atoms with Gasteiger partial charge in [0.15, 0.2) is 0 Å². The van der Waals surface area contributed by atoms with Gasteiger partial charge in [-0.3, -0.25) is 4.79 Å². The summed E-state index contributed by atoms with van der Waals surface area (Å²) >= 11 is 0. The second-order valence-corrected chi connectivity index (χ2v) is 4.87. The molecule has 96 valence electrons. The fourth-order valence-corrected chi connectivity index (χ4v) is 1.73. The number of methoxy groups -OCH3 is 1. The number of nitrogens with one attached hydrogen (secondary N) is 2. The van der Waals surface area contributed by atoms with Crippen LogP contribution in [0.2, 0.25) is 0 Å². The van der Waals surface area contributed by atoms with Crippen LogP contribution in [0.3, 0.4) is 0 Å². The number of amides is 1. The summed E-state index contributed by atoms with van der Waals surface area (Å²) in [4.78, 5) is 11.6. The van der Waals surface area contributed by atoms with Crippen LogP contribution in [0.4, 0.5) is 0 Å². The molecule has 1 aliphatic rings. The van der Waals surface area contributed by atoms with Gasteiger partial charge in [0.1, 0.15) is 0 Å². The minimum Gasteiger partial charge on any atom is -0.379 e. The van der Waals surface area contributed by atoms with E-state index in [0.717, 1.165) is 19.4 Å². The van der Waals surface area contributed by atoms with Crippen molar-refractivity contribution in [3.05, 3.63) is 0 Å². The molecule has 1 aliphatic heterocycles. The highest BCUT2D eigenvalue weighted by Gasteiger charge is 2.27. The van der Waals surface area contributed by atoms with Crippen LogP contribution in [0, 0.1) is 0 Å². The maximum absolute atomic E-state index is 11.6. The molecule has 0 spiro atoms. The number of carbonyl (C=O) groups excluding carboxylic acids is 1. The lowest BCUT2D eigenvalue weighted by Gasteiger charge is -2.31. The van der Waals surface area contributed by atoms with Crippen molar-refractivity contribution in [2.24, 2.45) is 0 Å². The van der Waals surface area contributed by atoms with Gasteiger partial charge in [0.2, 0.25) is 5.91 Å². The van der Waals surface area contributed by atoms with Gasteiger partial charge in [-0.15, -0.1) is 12.4 Å². The highest BCUT2D eigenvalue weighted by molar-refractivity contribution is 5.85. The highest BCUT2D eigenvalue weighted by atomic mass is 35.5. The Morgan fingerprint density at radius 2 is 2.19 bits per heavy atom. The summed E-state index contributed by atoms with van der Waals surface area (Å²) < 4.78 is 5.32. The van der Waals surface area contributed by atoms with Gasteiger partial charge in [-0.25, -0.2) is 0 Å². The van der Waals surface area contributed by atoms with Gasteiger partial charge >= 0.3 is 0 Å². The fourth-order valence-electron chi connectivity index (χ4n) is 1.73. The summed E-state index contributed by atoms with van der Waals surface area (Å²) in [6.07, 6.45) is 1.77. The zero-order chi connectivity index (χ0) is 11.5. The third kappa shape index (κ3) is 4.68. The number of hydrogen-bond donors (Lipinski definition) is 2. The van der Waals surface area contributed by atoms with E-state index < -0.39 is 0 Å². The second kappa shape index (κ2) is 6.42. The van der Waals surface area contributed by atoms with Gasteiger partial charge in [-0.05, 0) is 40.2 Å². The molecular formula is C11H23ClN2O2. The van der Waals surface area contributed by atoms with E-state index in [1.54, 1.807) is 7.11 Å². The molecule has 1 heterocycles. The molecule has 0 saturated carbocycles. The Bertz CT molecular complexity index is 230. The molecule has 2 atom stereocenters. The average molecular weight is 251 g/mol. The van der Waals surface area contributed by atoms with E-state index in [9.17, 15) is 4.79 Å². The first kappa shape index (κ1) is 15.7. The predicted molar refractivity (Wildman–Crippen MR) is 67.0 cm³/mol. The number of carbonyl (C=O) groups is 1. The summed E-state index contributed by atoms with van der Waals surface area (Å²) in [5.74, 6) is 0.112. The Balaban J connectivity index is 0.00000225. The SMILES string of the molecule is COC(C)(C)CC(C)NC(=O)[C@H]1CCN1.Cl. The molecular weight excluding hydrogens is 228 g/mol. The Morgan fingerprint density at radius 1 is 1.62 bits per heavy atom. The summed E-state index contributed by atoms with van der Waals surface area (Å²) in [5.41, 5.74) is -0.181. The van der Waals surface area contributed by atoms with Crippen LogP contribution in [0.1, 0.15) is 33.6 Å². The van der Waals surface area contributed by atoms with Crippen LogP contribution in [0.15, 0.2) is 0 Å². The van der Waals surface area contributed by atoms with Crippen LogP contribution in [0.5, 0.6) is 0 Å². The van der Waals surface area contributed by atoms with Crippen molar-refractivity contribution >= 4 is 18.3 Å². The van der Waals surface area contributed by atoms with Crippen molar-refractivity contribution in [1.29, 1.82) is 0 Å². The molecule has 5 heteroatoms. The van der Waals surface area contributed by atoms with Gasteiger partial charge in [0.05, 0.1) is 11.6 Å². The zero-order valence-electron chi connectivity index (χ0n) is 10.5. The van der Waals surface area contributed by atoms with E-state index in [2.05, 4.69) is 10.6 Å². The molecule has 1 saturated heterocycles. The van der Waals surface area contributed by atoms with Gasteiger partial charge in [-0.1, -0.05) is 0 Å². The Kier molecular flexibility index (Phi) is 6.30. The first-order valence-corrected chi connectivity index (χ1v) is 5.53. The van der Waals surface area contributed by atoms with Gasteiger partial charge in [0.25, 0.3) is 0 Å². The molecule has 2 N–H and O–H groups in total. The Morgan fingerprint density at radius 3 is 2.56 bits per heavy atom. The number of hydrogen-bond acceptors (Lipinski definition) is 3. The topological polar surface area (TPSA) is 50.4 Å². The van der Waals surface area contributed by atoms with Crippen molar-refractivity contribution in [3.8, 4) is 0 Å². The van der Waals surface area contributed by atoms with E-state index in [1.807, 2.05) is 20.8 Å². The van der Waals surface area contributed by atoms with Gasteiger partial charge < -0.3 is 15.4 Å². The summed E-state index contributed by atoms with van der Waals surface area (Å²) in [7, 11) is 1.70. The van der Waals surface area contributed by atoms with Crippen LogP contribution < -0.4 is 10.6 Å². The number of ether oxygens (including phenoxy) is 1. The van der Waals surface area contributed by atoms with Gasteiger partial charge in [-0.2, -0.15) is 0 Å². The molecule has 4 nitrogen and oxygen atoms in total. The normalized spacial score (nSPS) is 21.6. The molecule has 16 heavy (non-hydrogen) atoms. The molecule has 0 aromatic heterocycles. The Labute approximate surface area is 104 Å². The largest absolute Gasteiger partial charge is 0.379 e. The predicted octanol–water partition coefficient (Wildman–Crippen LogP) is 1.09. The maximum Gasteiger partial charge on any atom is 0.237 e. The first-order chi connectivity index (χ1) is 6.94. The quantitative estimate of drug-likeness (QED) is 0.768. The second-order valence-electron chi connectivity index (χ2n) is 4.87. The van der Waals surface area contributed by atoms with Crippen molar-refractivity contribution in [1.82, 2.24) is 10.6 Å². The fraction of sp³-hybridized carbons (Fsp3) is 0.909. The lowest BCUT2D eigenvalue weighted by atomic mass is 9.99. The zero-order valence-corrected chi connectivity index (χ0v) is 11.3. The molecule has 0 bridgehead atoms. The average Bonchev–Trinajstić information content (AvgIpc) is 1.99. The lowest BCUT2D eigenvalue weighted by Crippen LogP contribution is -2.55. The van der Waals surface area contributed by atoms with Crippen LogP contribution in [0.25, 0.3) is 0 Å². The molecule has 1 unspecified atom stereocenters. The lowest BCUT2D eigenvalue weighted by molar-refractivity contribution is -0.125. The molecule has 0 aromatic rings. The summed E-state index contributed by atoms with van der Waals surface area (Å²) in [6.45, 7) is 7.02. The van der Waals surface area contributed by atoms with E-state index >= 15 is 0 Å². The third-order valence-electron chi connectivity index (χ3n) is 2.88. The smallest absolute Gasteiger partial charge is 0.237 e. The van der Waals surface area contributed by atoms with Crippen molar-refractivity contribution in [2.45, 2.75) is 51.3 Å². The summed E-state index contributed by atoms with van der Waals surface area (Å²) in [6, 6.07) is 0.174. The minimum atomic E-state index is -0.181.